The summed E-state index contributed by atoms with van der Waals surface area (Å²) in [7, 11) is -1.27. The third-order valence-electron chi connectivity index (χ3n) is 3.47. The second kappa shape index (κ2) is 6.14. The molecule has 1 aromatic heterocycles. The second-order valence-electron chi connectivity index (χ2n) is 4.67. The van der Waals surface area contributed by atoms with Crippen LogP contribution in [0, 0.1) is 5.92 Å². The van der Waals surface area contributed by atoms with E-state index < -0.39 is 10.0 Å². The minimum atomic E-state index is -3.23. The van der Waals surface area contributed by atoms with Gasteiger partial charge < -0.3 is 5.32 Å². The Labute approximate surface area is 113 Å². The van der Waals surface area contributed by atoms with Gasteiger partial charge in [-0.05, 0) is 50.2 Å². The zero-order valence-electron chi connectivity index (χ0n) is 10.6. The highest BCUT2D eigenvalue weighted by molar-refractivity contribution is 7.91. The monoisotopic (exact) mass is 288 g/mol. The average molecular weight is 288 g/mol. The average Bonchev–Trinajstić information content (AvgIpc) is 2.91. The van der Waals surface area contributed by atoms with E-state index in [1.807, 2.05) is 12.4 Å². The van der Waals surface area contributed by atoms with Gasteiger partial charge in [-0.2, -0.15) is 4.31 Å². The summed E-state index contributed by atoms with van der Waals surface area (Å²) in [6.45, 7) is 2.34. The highest BCUT2D eigenvalue weighted by Gasteiger charge is 2.29. The molecule has 18 heavy (non-hydrogen) atoms. The number of rotatable bonds is 5. The molecule has 4 nitrogen and oxygen atoms in total. The Hall–Kier alpha value is -0.430. The molecule has 1 aliphatic heterocycles. The quantitative estimate of drug-likeness (QED) is 0.898. The first-order chi connectivity index (χ1) is 8.64. The maximum Gasteiger partial charge on any atom is 0.252 e. The minimum Gasteiger partial charge on any atom is -0.320 e. The number of thiophene rings is 1. The van der Waals surface area contributed by atoms with Crippen LogP contribution < -0.4 is 5.32 Å². The Bertz CT molecular complexity index is 448. The van der Waals surface area contributed by atoms with Crippen LogP contribution in [-0.2, 0) is 10.0 Å². The van der Waals surface area contributed by atoms with E-state index in [-0.39, 0.29) is 0 Å². The molecule has 1 N–H and O–H groups in total. The van der Waals surface area contributed by atoms with Crippen LogP contribution in [0.3, 0.4) is 0 Å². The summed E-state index contributed by atoms with van der Waals surface area (Å²) in [4.78, 5) is 0. The van der Waals surface area contributed by atoms with Gasteiger partial charge in [-0.25, -0.2) is 8.42 Å². The molecule has 0 bridgehead atoms. The van der Waals surface area contributed by atoms with Crippen molar-refractivity contribution < 1.29 is 8.42 Å². The van der Waals surface area contributed by atoms with Crippen LogP contribution in [0.25, 0.3) is 0 Å². The van der Waals surface area contributed by atoms with E-state index in [0.717, 1.165) is 25.8 Å². The smallest absolute Gasteiger partial charge is 0.252 e. The molecule has 6 heteroatoms. The lowest BCUT2D eigenvalue weighted by Gasteiger charge is -2.30. The molecule has 0 spiro atoms. The van der Waals surface area contributed by atoms with Gasteiger partial charge in [0.05, 0.1) is 0 Å². The van der Waals surface area contributed by atoms with Crippen molar-refractivity contribution in [2.24, 2.45) is 5.92 Å². The standard InChI is InChI=1S/C12H20N2O2S2/c1-13-7-4-11-5-8-14(9-6-11)18(15,16)12-3-2-10-17-12/h2-3,10-11,13H,4-9H2,1H3. The summed E-state index contributed by atoms with van der Waals surface area (Å²) in [5.41, 5.74) is 0. The molecule has 0 aromatic carbocycles. The molecule has 0 amide bonds. The molecule has 2 heterocycles. The van der Waals surface area contributed by atoms with Gasteiger partial charge in [-0.1, -0.05) is 6.07 Å². The summed E-state index contributed by atoms with van der Waals surface area (Å²) >= 11 is 1.30. The first-order valence-corrected chi connectivity index (χ1v) is 8.65. The van der Waals surface area contributed by atoms with E-state index in [0.29, 0.717) is 23.2 Å². The summed E-state index contributed by atoms with van der Waals surface area (Å²) < 4.78 is 26.7. The summed E-state index contributed by atoms with van der Waals surface area (Å²) in [5, 5.41) is 4.96. The first kappa shape index (κ1) is 14.0. The summed E-state index contributed by atoms with van der Waals surface area (Å²) in [6, 6.07) is 3.48. The lowest BCUT2D eigenvalue weighted by molar-refractivity contribution is 0.263. The van der Waals surface area contributed by atoms with Crippen molar-refractivity contribution >= 4 is 21.4 Å². The van der Waals surface area contributed by atoms with Gasteiger partial charge in [-0.3, -0.25) is 0 Å². The molecule has 1 saturated heterocycles. The molecule has 0 saturated carbocycles. The zero-order chi connectivity index (χ0) is 13.0. The van der Waals surface area contributed by atoms with Crippen molar-refractivity contribution in [2.75, 3.05) is 26.7 Å². The number of piperidine rings is 1. The van der Waals surface area contributed by atoms with Crippen LogP contribution in [0.1, 0.15) is 19.3 Å². The molecular weight excluding hydrogens is 268 g/mol. The Balaban J connectivity index is 1.94. The third kappa shape index (κ3) is 3.12. The SMILES string of the molecule is CNCCC1CCN(S(=O)(=O)c2cccs2)CC1. The minimum absolute atomic E-state index is 0.469. The Kier molecular flexibility index (Phi) is 4.77. The van der Waals surface area contributed by atoms with Crippen LogP contribution in [0.4, 0.5) is 0 Å². The maximum absolute atomic E-state index is 12.3. The summed E-state index contributed by atoms with van der Waals surface area (Å²) in [5.74, 6) is 0.659. The van der Waals surface area contributed by atoms with Crippen LogP contribution in [-0.4, -0.2) is 39.4 Å². The zero-order valence-corrected chi connectivity index (χ0v) is 12.3. The van der Waals surface area contributed by atoms with Crippen molar-refractivity contribution in [3.05, 3.63) is 17.5 Å². The molecule has 1 fully saturated rings. The van der Waals surface area contributed by atoms with Crippen LogP contribution in [0.15, 0.2) is 21.7 Å². The largest absolute Gasteiger partial charge is 0.320 e. The van der Waals surface area contributed by atoms with E-state index >= 15 is 0 Å². The predicted octanol–water partition coefficient (Wildman–Crippen LogP) is 1.76. The van der Waals surface area contributed by atoms with Crippen molar-refractivity contribution in [1.29, 1.82) is 0 Å². The van der Waals surface area contributed by atoms with Gasteiger partial charge in [0.25, 0.3) is 10.0 Å². The second-order valence-corrected chi connectivity index (χ2v) is 7.78. The molecule has 1 aromatic rings. The van der Waals surface area contributed by atoms with Gasteiger partial charge in [0, 0.05) is 13.1 Å². The molecule has 0 radical (unpaired) electrons. The molecule has 0 unspecified atom stereocenters. The van der Waals surface area contributed by atoms with Gasteiger partial charge in [0.2, 0.25) is 0 Å². The Morgan fingerprint density at radius 2 is 2.17 bits per heavy atom. The molecular formula is C12H20N2O2S2. The third-order valence-corrected chi connectivity index (χ3v) is 6.74. The van der Waals surface area contributed by atoms with Crippen molar-refractivity contribution in [2.45, 2.75) is 23.5 Å². The molecule has 0 atom stereocenters. The van der Waals surface area contributed by atoms with Crippen LogP contribution >= 0.6 is 11.3 Å². The number of nitrogens with one attached hydrogen (secondary N) is 1. The fourth-order valence-electron chi connectivity index (χ4n) is 2.32. The lowest BCUT2D eigenvalue weighted by Crippen LogP contribution is -2.38. The fourth-order valence-corrected chi connectivity index (χ4v) is 4.94. The van der Waals surface area contributed by atoms with Gasteiger partial charge >= 0.3 is 0 Å². The highest BCUT2D eigenvalue weighted by Crippen LogP contribution is 2.27. The van der Waals surface area contributed by atoms with E-state index in [1.165, 1.54) is 11.3 Å². The van der Waals surface area contributed by atoms with E-state index in [1.54, 1.807) is 16.4 Å². The number of hydrogen-bond acceptors (Lipinski definition) is 4. The molecule has 0 aliphatic carbocycles. The molecule has 102 valence electrons. The van der Waals surface area contributed by atoms with E-state index in [4.69, 9.17) is 0 Å². The van der Waals surface area contributed by atoms with Gasteiger partial charge in [0.15, 0.2) is 0 Å². The topological polar surface area (TPSA) is 49.4 Å². The molecule has 1 aliphatic rings. The Morgan fingerprint density at radius 1 is 1.44 bits per heavy atom. The fraction of sp³-hybridized carbons (Fsp3) is 0.667. The summed E-state index contributed by atoms with van der Waals surface area (Å²) in [6.07, 6.45) is 3.10. The molecule has 2 rings (SSSR count). The van der Waals surface area contributed by atoms with Crippen molar-refractivity contribution in [3.8, 4) is 0 Å². The van der Waals surface area contributed by atoms with Gasteiger partial charge in [-0.15, -0.1) is 11.3 Å². The number of hydrogen-bond donors (Lipinski definition) is 1. The maximum atomic E-state index is 12.3. The normalized spacial score (nSPS) is 19.2. The number of nitrogens with zero attached hydrogens (tertiary/aromatic N) is 1. The predicted molar refractivity (Wildman–Crippen MR) is 74.3 cm³/mol. The van der Waals surface area contributed by atoms with E-state index in [9.17, 15) is 8.42 Å². The highest BCUT2D eigenvalue weighted by atomic mass is 32.2. The lowest BCUT2D eigenvalue weighted by atomic mass is 9.95. The van der Waals surface area contributed by atoms with Crippen molar-refractivity contribution in [3.63, 3.8) is 0 Å². The van der Waals surface area contributed by atoms with Gasteiger partial charge in [0.1, 0.15) is 4.21 Å². The first-order valence-electron chi connectivity index (χ1n) is 6.33. The van der Waals surface area contributed by atoms with Crippen LogP contribution in [0.2, 0.25) is 0 Å². The van der Waals surface area contributed by atoms with Crippen LogP contribution in [0.5, 0.6) is 0 Å². The van der Waals surface area contributed by atoms with E-state index in [2.05, 4.69) is 5.32 Å². The van der Waals surface area contributed by atoms with Crippen molar-refractivity contribution in [1.82, 2.24) is 9.62 Å². The number of sulfonamides is 1. The Morgan fingerprint density at radius 3 is 2.72 bits per heavy atom.